The quantitative estimate of drug-likeness (QED) is 0.911. The molecule has 116 valence electrons. The van der Waals surface area contributed by atoms with Gasteiger partial charge in [-0.15, -0.1) is 0 Å². The van der Waals surface area contributed by atoms with Crippen LogP contribution >= 0.6 is 0 Å². The molecule has 0 radical (unpaired) electrons. The number of rotatable bonds is 2. The van der Waals surface area contributed by atoms with Gasteiger partial charge in [0.25, 0.3) is 0 Å². The van der Waals surface area contributed by atoms with Gasteiger partial charge < -0.3 is 10.2 Å². The second-order valence-corrected chi connectivity index (χ2v) is 5.18. The van der Waals surface area contributed by atoms with Gasteiger partial charge in [-0.2, -0.15) is 13.2 Å². The predicted molar refractivity (Wildman–Crippen MR) is 74.3 cm³/mol. The highest BCUT2D eigenvalue weighted by Crippen LogP contribution is 2.18. The molecule has 1 fully saturated rings. The summed E-state index contributed by atoms with van der Waals surface area (Å²) in [7, 11) is 0. The zero-order valence-electron chi connectivity index (χ0n) is 11.8. The van der Waals surface area contributed by atoms with Gasteiger partial charge in [0.05, 0.1) is 6.54 Å². The normalized spacial score (nSPS) is 16.9. The molecule has 1 heterocycles. The Morgan fingerprint density at radius 1 is 1.24 bits per heavy atom. The van der Waals surface area contributed by atoms with E-state index < -0.39 is 12.7 Å². The minimum absolute atomic E-state index is 0.237. The summed E-state index contributed by atoms with van der Waals surface area (Å²) in [6.45, 7) is 2.08. The van der Waals surface area contributed by atoms with Crippen LogP contribution in [0, 0.1) is 6.92 Å². The smallest absolute Gasteiger partial charge is 0.322 e. The van der Waals surface area contributed by atoms with Gasteiger partial charge in [-0.25, -0.2) is 4.79 Å². The van der Waals surface area contributed by atoms with Crippen LogP contribution < -0.4 is 5.32 Å². The van der Waals surface area contributed by atoms with Crippen LogP contribution in [-0.4, -0.2) is 54.7 Å². The first kappa shape index (κ1) is 15.6. The fraction of sp³-hybridized carbons (Fsp3) is 0.500. The van der Waals surface area contributed by atoms with Crippen LogP contribution in [-0.2, 0) is 0 Å². The lowest BCUT2D eigenvalue weighted by Gasteiger charge is -2.34. The molecule has 0 atom stereocenters. The molecule has 21 heavy (non-hydrogen) atoms. The first-order chi connectivity index (χ1) is 9.83. The molecule has 4 nitrogen and oxygen atoms in total. The predicted octanol–water partition coefficient (Wildman–Crippen LogP) is 2.71. The third-order valence-corrected chi connectivity index (χ3v) is 3.33. The van der Waals surface area contributed by atoms with Crippen LogP contribution in [0.4, 0.5) is 23.7 Å². The van der Waals surface area contributed by atoms with Gasteiger partial charge in [0.2, 0.25) is 0 Å². The van der Waals surface area contributed by atoms with Crippen LogP contribution in [0.5, 0.6) is 0 Å². The number of alkyl halides is 3. The maximum Gasteiger partial charge on any atom is 0.401 e. The fourth-order valence-corrected chi connectivity index (χ4v) is 2.29. The molecule has 1 aromatic carbocycles. The van der Waals surface area contributed by atoms with Crippen LogP contribution in [0.15, 0.2) is 24.3 Å². The summed E-state index contributed by atoms with van der Waals surface area (Å²) >= 11 is 0. The second-order valence-electron chi connectivity index (χ2n) is 5.18. The third-order valence-electron chi connectivity index (χ3n) is 3.33. The molecule has 0 unspecified atom stereocenters. The van der Waals surface area contributed by atoms with Crippen molar-refractivity contribution in [2.45, 2.75) is 13.1 Å². The maximum atomic E-state index is 12.3. The first-order valence-corrected chi connectivity index (χ1v) is 6.75. The second kappa shape index (κ2) is 6.34. The molecule has 0 aliphatic carbocycles. The molecule has 2 rings (SSSR count). The number of aryl methyl sites for hydroxylation is 1. The van der Waals surface area contributed by atoms with Crippen molar-refractivity contribution in [2.75, 3.05) is 38.0 Å². The average Bonchev–Trinajstić information content (AvgIpc) is 2.37. The van der Waals surface area contributed by atoms with Crippen molar-refractivity contribution < 1.29 is 18.0 Å². The Kier molecular flexibility index (Phi) is 4.72. The molecule has 2 amide bonds. The Morgan fingerprint density at radius 2 is 1.90 bits per heavy atom. The molecule has 1 aliphatic rings. The van der Waals surface area contributed by atoms with Gasteiger partial charge in [0.15, 0.2) is 0 Å². The number of carbonyl (C=O) groups is 1. The van der Waals surface area contributed by atoms with E-state index in [1.807, 2.05) is 25.1 Å². The van der Waals surface area contributed by atoms with E-state index in [1.165, 1.54) is 9.80 Å². The lowest BCUT2D eigenvalue weighted by molar-refractivity contribution is -0.148. The number of carbonyl (C=O) groups excluding carboxylic acids is 1. The Morgan fingerprint density at radius 3 is 2.48 bits per heavy atom. The highest BCUT2D eigenvalue weighted by atomic mass is 19.4. The lowest BCUT2D eigenvalue weighted by atomic mass is 10.2. The number of hydrogen-bond donors (Lipinski definition) is 1. The molecular weight excluding hydrogens is 283 g/mol. The molecule has 1 aliphatic heterocycles. The molecule has 1 aromatic rings. The van der Waals surface area contributed by atoms with Crippen molar-refractivity contribution in [1.29, 1.82) is 0 Å². The molecule has 0 spiro atoms. The van der Waals surface area contributed by atoms with Crippen LogP contribution in [0.3, 0.4) is 0 Å². The van der Waals surface area contributed by atoms with Gasteiger partial charge in [-0.1, -0.05) is 12.1 Å². The Hall–Kier alpha value is -1.76. The van der Waals surface area contributed by atoms with Crippen molar-refractivity contribution in [3.8, 4) is 0 Å². The number of halogens is 3. The Balaban J connectivity index is 1.83. The van der Waals surface area contributed by atoms with Crippen molar-refractivity contribution in [3.05, 3.63) is 29.8 Å². The topological polar surface area (TPSA) is 35.6 Å². The van der Waals surface area contributed by atoms with Gasteiger partial charge in [-0.05, 0) is 24.6 Å². The highest BCUT2D eigenvalue weighted by Gasteiger charge is 2.32. The molecule has 1 N–H and O–H groups in total. The number of nitrogens with one attached hydrogen (secondary N) is 1. The van der Waals surface area contributed by atoms with E-state index in [0.29, 0.717) is 18.8 Å². The van der Waals surface area contributed by atoms with Gasteiger partial charge >= 0.3 is 12.2 Å². The van der Waals surface area contributed by atoms with E-state index in [2.05, 4.69) is 5.32 Å². The number of urea groups is 1. The highest BCUT2D eigenvalue weighted by molar-refractivity contribution is 5.89. The number of hydrogen-bond acceptors (Lipinski definition) is 2. The first-order valence-electron chi connectivity index (χ1n) is 6.75. The van der Waals surface area contributed by atoms with Crippen molar-refractivity contribution in [3.63, 3.8) is 0 Å². The molecule has 0 saturated carbocycles. The number of benzene rings is 1. The zero-order chi connectivity index (χ0) is 15.5. The van der Waals surface area contributed by atoms with E-state index in [0.717, 1.165) is 5.56 Å². The Bertz CT molecular complexity index is 496. The largest absolute Gasteiger partial charge is 0.401 e. The van der Waals surface area contributed by atoms with Gasteiger partial charge in [0, 0.05) is 31.9 Å². The standard InChI is InChI=1S/C14H18F3N3O/c1-11-3-2-4-12(9-11)18-13(21)20-7-5-19(6-8-20)10-14(15,16)17/h2-4,9H,5-8,10H2,1H3,(H,18,21). The molecule has 7 heteroatoms. The average molecular weight is 301 g/mol. The molecular formula is C14H18F3N3O. The number of anilines is 1. The Labute approximate surface area is 121 Å². The third kappa shape index (κ3) is 4.93. The van der Waals surface area contributed by atoms with E-state index in [-0.39, 0.29) is 19.1 Å². The zero-order valence-corrected chi connectivity index (χ0v) is 11.8. The summed E-state index contributed by atoms with van der Waals surface area (Å²) in [5, 5.41) is 2.76. The summed E-state index contributed by atoms with van der Waals surface area (Å²) in [4.78, 5) is 14.9. The molecule has 1 saturated heterocycles. The number of amides is 2. The summed E-state index contributed by atoms with van der Waals surface area (Å²) < 4.78 is 36.9. The van der Waals surface area contributed by atoms with E-state index >= 15 is 0 Å². The van der Waals surface area contributed by atoms with E-state index in [9.17, 15) is 18.0 Å². The summed E-state index contributed by atoms with van der Waals surface area (Å²) in [5.74, 6) is 0. The van der Waals surface area contributed by atoms with Gasteiger partial charge in [-0.3, -0.25) is 4.90 Å². The molecule has 0 aromatic heterocycles. The SMILES string of the molecule is Cc1cccc(NC(=O)N2CCN(CC(F)(F)F)CC2)c1. The number of piperazine rings is 1. The number of nitrogens with zero attached hydrogens (tertiary/aromatic N) is 2. The summed E-state index contributed by atoms with van der Waals surface area (Å²) in [5.41, 5.74) is 1.72. The van der Waals surface area contributed by atoms with E-state index in [1.54, 1.807) is 6.07 Å². The minimum Gasteiger partial charge on any atom is -0.322 e. The van der Waals surface area contributed by atoms with Gasteiger partial charge in [0.1, 0.15) is 0 Å². The lowest BCUT2D eigenvalue weighted by Crippen LogP contribution is -2.51. The van der Waals surface area contributed by atoms with Crippen molar-refractivity contribution >= 4 is 11.7 Å². The monoisotopic (exact) mass is 301 g/mol. The van der Waals surface area contributed by atoms with Crippen molar-refractivity contribution in [2.24, 2.45) is 0 Å². The fourth-order valence-electron chi connectivity index (χ4n) is 2.29. The van der Waals surface area contributed by atoms with Crippen LogP contribution in [0.1, 0.15) is 5.56 Å². The maximum absolute atomic E-state index is 12.3. The molecule has 0 bridgehead atoms. The summed E-state index contributed by atoms with van der Waals surface area (Å²) in [6, 6.07) is 7.12. The summed E-state index contributed by atoms with van der Waals surface area (Å²) in [6.07, 6.45) is -4.19. The minimum atomic E-state index is -4.19. The van der Waals surface area contributed by atoms with E-state index in [4.69, 9.17) is 0 Å². The van der Waals surface area contributed by atoms with Crippen molar-refractivity contribution in [1.82, 2.24) is 9.80 Å². The van der Waals surface area contributed by atoms with Crippen LogP contribution in [0.25, 0.3) is 0 Å². The van der Waals surface area contributed by atoms with Crippen LogP contribution in [0.2, 0.25) is 0 Å².